The third-order valence-corrected chi connectivity index (χ3v) is 10.7. The van der Waals surface area contributed by atoms with Crippen molar-refractivity contribution in [3.8, 4) is 0 Å². The maximum Gasteiger partial charge on any atom is 0.252 e. The fourth-order valence-corrected chi connectivity index (χ4v) is 8.91. The molecule has 0 aromatic rings. The summed E-state index contributed by atoms with van der Waals surface area (Å²) in [5.74, 6) is -2.48. The predicted molar refractivity (Wildman–Crippen MR) is 121 cm³/mol. The van der Waals surface area contributed by atoms with E-state index in [-0.39, 0.29) is 35.0 Å². The van der Waals surface area contributed by atoms with Gasteiger partial charge in [-0.25, -0.2) is 8.78 Å². The molecule has 4 rings (SSSR count). The van der Waals surface area contributed by atoms with Gasteiger partial charge < -0.3 is 10.2 Å². The zero-order chi connectivity index (χ0) is 23.0. The molecule has 0 radical (unpaired) electrons. The first kappa shape index (κ1) is 23.7. The number of rotatable bonds is 4. The van der Waals surface area contributed by atoms with Crippen LogP contribution in [0.4, 0.5) is 8.78 Å². The molecule has 31 heavy (non-hydrogen) atoms. The average molecular weight is 439 g/mol. The molecule has 0 amide bonds. The highest BCUT2D eigenvalue weighted by atomic mass is 19.3. The first-order chi connectivity index (χ1) is 14.2. The Hall–Kier alpha value is -0.480. The molecule has 0 aromatic carbocycles. The second kappa shape index (κ2) is 7.52. The van der Waals surface area contributed by atoms with Crippen molar-refractivity contribution >= 4 is 0 Å². The van der Waals surface area contributed by atoms with Gasteiger partial charge in [-0.1, -0.05) is 27.4 Å². The van der Waals surface area contributed by atoms with Crippen molar-refractivity contribution < 1.29 is 19.0 Å². The van der Waals surface area contributed by atoms with Crippen molar-refractivity contribution in [2.24, 2.45) is 46.3 Å². The standard InChI is InChI=1S/C27H44F2O2/c1-16(9-12-24(3,4)31)18-7-8-19-23-20(10-13-25(18,19)5)26(6)14-11-22(30)17(2)21(26)15-27(23,28)29/h16,18-23,30-31H,2,7-15H2,1,3-6H3/t16-,18-,19+,20+,21+,22+,23+,25-,26-/m1/s1. The molecule has 2 nitrogen and oxygen atoms in total. The fourth-order valence-electron chi connectivity index (χ4n) is 8.91. The zero-order valence-corrected chi connectivity index (χ0v) is 20.3. The van der Waals surface area contributed by atoms with Gasteiger partial charge in [0.05, 0.1) is 11.7 Å². The average Bonchev–Trinajstić information content (AvgIpc) is 3.01. The van der Waals surface area contributed by atoms with Gasteiger partial charge in [0.15, 0.2) is 0 Å². The van der Waals surface area contributed by atoms with Crippen molar-refractivity contribution in [2.75, 3.05) is 0 Å². The minimum absolute atomic E-state index is 0.0222. The van der Waals surface area contributed by atoms with E-state index < -0.39 is 23.5 Å². The summed E-state index contributed by atoms with van der Waals surface area (Å²) in [6.45, 7) is 14.6. The van der Waals surface area contributed by atoms with E-state index in [1.54, 1.807) is 0 Å². The van der Waals surface area contributed by atoms with Gasteiger partial charge in [-0.3, -0.25) is 0 Å². The smallest absolute Gasteiger partial charge is 0.252 e. The maximum absolute atomic E-state index is 15.9. The molecule has 0 aromatic heterocycles. The number of fused-ring (bicyclic) bond motifs is 5. The summed E-state index contributed by atoms with van der Waals surface area (Å²) in [6.07, 6.45) is 6.33. The van der Waals surface area contributed by atoms with Crippen LogP contribution in [-0.4, -0.2) is 27.8 Å². The van der Waals surface area contributed by atoms with Gasteiger partial charge in [0, 0.05) is 12.3 Å². The first-order valence-corrected chi connectivity index (χ1v) is 12.7. The minimum Gasteiger partial charge on any atom is -0.390 e. The van der Waals surface area contributed by atoms with Crippen molar-refractivity contribution in [3.63, 3.8) is 0 Å². The summed E-state index contributed by atoms with van der Waals surface area (Å²) in [6, 6.07) is 0. The lowest BCUT2D eigenvalue weighted by Crippen LogP contribution is -2.61. The Kier molecular flexibility index (Phi) is 5.74. The monoisotopic (exact) mass is 438 g/mol. The highest BCUT2D eigenvalue weighted by Crippen LogP contribution is 2.71. The van der Waals surface area contributed by atoms with Crippen LogP contribution in [-0.2, 0) is 0 Å². The zero-order valence-electron chi connectivity index (χ0n) is 20.3. The minimum atomic E-state index is -2.69. The molecular weight excluding hydrogens is 394 g/mol. The van der Waals surface area contributed by atoms with E-state index in [0.29, 0.717) is 23.8 Å². The number of aliphatic hydroxyl groups excluding tert-OH is 1. The van der Waals surface area contributed by atoms with Gasteiger partial charge in [-0.15, -0.1) is 0 Å². The summed E-state index contributed by atoms with van der Waals surface area (Å²) < 4.78 is 31.7. The highest BCUT2D eigenvalue weighted by Gasteiger charge is 2.68. The largest absolute Gasteiger partial charge is 0.390 e. The second-order valence-electron chi connectivity index (χ2n) is 12.9. The molecule has 0 heterocycles. The molecule has 4 heteroatoms. The Bertz CT molecular complexity index is 713. The third kappa shape index (κ3) is 3.72. The first-order valence-electron chi connectivity index (χ1n) is 12.7. The summed E-state index contributed by atoms with van der Waals surface area (Å²) in [5, 5.41) is 20.5. The topological polar surface area (TPSA) is 40.5 Å². The van der Waals surface area contributed by atoms with Crippen molar-refractivity contribution in [2.45, 2.75) is 110 Å². The Morgan fingerprint density at radius 3 is 2.32 bits per heavy atom. The van der Waals surface area contributed by atoms with Crippen LogP contribution in [0.2, 0.25) is 0 Å². The van der Waals surface area contributed by atoms with Crippen LogP contribution in [0.1, 0.15) is 92.4 Å². The van der Waals surface area contributed by atoms with Gasteiger partial charge in [0.1, 0.15) is 0 Å². The normalized spacial score (nSPS) is 48.0. The van der Waals surface area contributed by atoms with E-state index in [9.17, 15) is 10.2 Å². The molecule has 4 aliphatic rings. The lowest BCUT2D eigenvalue weighted by Gasteiger charge is -2.63. The maximum atomic E-state index is 15.9. The van der Waals surface area contributed by atoms with Gasteiger partial charge in [0.25, 0.3) is 5.92 Å². The second-order valence-corrected chi connectivity index (χ2v) is 12.9. The van der Waals surface area contributed by atoms with Crippen molar-refractivity contribution in [3.05, 3.63) is 12.2 Å². The van der Waals surface area contributed by atoms with Gasteiger partial charge in [-0.2, -0.15) is 0 Å². The van der Waals surface area contributed by atoms with Crippen molar-refractivity contribution in [1.29, 1.82) is 0 Å². The molecule has 0 spiro atoms. The fraction of sp³-hybridized carbons (Fsp3) is 0.926. The molecule has 0 saturated heterocycles. The number of aliphatic hydroxyl groups is 2. The molecule has 0 bridgehead atoms. The third-order valence-electron chi connectivity index (χ3n) is 10.7. The van der Waals surface area contributed by atoms with E-state index in [0.717, 1.165) is 44.9 Å². The summed E-state index contributed by atoms with van der Waals surface area (Å²) in [4.78, 5) is 0. The van der Waals surface area contributed by atoms with Crippen LogP contribution in [0.25, 0.3) is 0 Å². The number of hydrogen-bond acceptors (Lipinski definition) is 2. The molecule has 9 atom stereocenters. The van der Waals surface area contributed by atoms with E-state index in [1.165, 1.54) is 0 Å². The van der Waals surface area contributed by atoms with E-state index >= 15 is 8.78 Å². The Labute approximate surface area is 187 Å². The molecule has 0 unspecified atom stereocenters. The molecule has 4 fully saturated rings. The van der Waals surface area contributed by atoms with Gasteiger partial charge in [0.2, 0.25) is 0 Å². The summed E-state index contributed by atoms with van der Waals surface area (Å²) in [7, 11) is 0. The SMILES string of the molecule is C=C1[C@@H](O)CC[C@@]2(C)[C@H]1CC(F)(F)[C@@H]1[C@@H]2CC[C@]2(C)[C@@H]([C@H](C)CCC(C)(C)O)CC[C@@H]12. The molecule has 4 aliphatic carbocycles. The lowest BCUT2D eigenvalue weighted by molar-refractivity contribution is -0.228. The van der Waals surface area contributed by atoms with E-state index in [2.05, 4.69) is 27.4 Å². The Morgan fingerprint density at radius 2 is 1.68 bits per heavy atom. The molecular formula is C27H44F2O2. The molecule has 2 N–H and O–H groups in total. The quantitative estimate of drug-likeness (QED) is 0.485. The van der Waals surface area contributed by atoms with Crippen LogP contribution >= 0.6 is 0 Å². The Balaban J connectivity index is 1.61. The van der Waals surface area contributed by atoms with Crippen LogP contribution in [0.15, 0.2) is 12.2 Å². The number of alkyl halides is 2. The number of halogens is 2. The lowest BCUT2D eigenvalue weighted by atomic mass is 9.43. The molecule has 4 saturated carbocycles. The number of hydrogen-bond donors (Lipinski definition) is 2. The summed E-state index contributed by atoms with van der Waals surface area (Å²) in [5.41, 5.74) is -0.199. The van der Waals surface area contributed by atoms with Crippen LogP contribution in [0, 0.1) is 46.3 Å². The highest BCUT2D eigenvalue weighted by molar-refractivity contribution is 5.23. The molecule has 0 aliphatic heterocycles. The van der Waals surface area contributed by atoms with Gasteiger partial charge in [-0.05, 0) is 111 Å². The Morgan fingerprint density at radius 1 is 1.06 bits per heavy atom. The summed E-state index contributed by atoms with van der Waals surface area (Å²) >= 11 is 0. The van der Waals surface area contributed by atoms with E-state index in [1.807, 2.05) is 13.8 Å². The van der Waals surface area contributed by atoms with Crippen LogP contribution < -0.4 is 0 Å². The van der Waals surface area contributed by atoms with Gasteiger partial charge >= 0.3 is 0 Å². The van der Waals surface area contributed by atoms with Crippen LogP contribution in [0.3, 0.4) is 0 Å². The molecule has 178 valence electrons. The van der Waals surface area contributed by atoms with Crippen molar-refractivity contribution in [1.82, 2.24) is 0 Å². The predicted octanol–water partition coefficient (Wildman–Crippen LogP) is 6.60. The van der Waals surface area contributed by atoms with E-state index in [4.69, 9.17) is 0 Å². The van der Waals surface area contributed by atoms with Crippen LogP contribution in [0.5, 0.6) is 0 Å².